The van der Waals surface area contributed by atoms with Gasteiger partial charge in [0.2, 0.25) is 0 Å². The molecule has 23 heavy (non-hydrogen) atoms. The molecule has 1 fully saturated rings. The lowest BCUT2D eigenvalue weighted by atomic mass is 9.83. The molecule has 0 spiro atoms. The highest BCUT2D eigenvalue weighted by Crippen LogP contribution is 2.30. The average Bonchev–Trinajstić information content (AvgIpc) is 3.11. The summed E-state index contributed by atoms with van der Waals surface area (Å²) in [6.07, 6.45) is 1.81. The highest BCUT2D eigenvalue weighted by Gasteiger charge is 2.43. The number of likely N-dealkylation sites (tertiary alicyclic amines) is 1. The Balaban J connectivity index is 2.14. The third-order valence-electron chi connectivity index (χ3n) is 5.22. The second-order valence-corrected chi connectivity index (χ2v) is 7.51. The van der Waals surface area contributed by atoms with Gasteiger partial charge in [0.1, 0.15) is 12.1 Å². The van der Waals surface area contributed by atoms with Crippen LogP contribution < -0.4 is 0 Å². The van der Waals surface area contributed by atoms with E-state index in [0.29, 0.717) is 19.4 Å². The van der Waals surface area contributed by atoms with E-state index in [9.17, 15) is 14.7 Å². The molecule has 2 heterocycles. The van der Waals surface area contributed by atoms with Crippen molar-refractivity contribution in [1.82, 2.24) is 9.91 Å². The Hall–Kier alpha value is -1.43. The molecule has 0 aliphatic carbocycles. The lowest BCUT2D eigenvalue weighted by Crippen LogP contribution is -2.52. The summed E-state index contributed by atoms with van der Waals surface area (Å²) in [4.78, 5) is 27.1. The Labute approximate surface area is 138 Å². The summed E-state index contributed by atoms with van der Waals surface area (Å²) < 4.78 is 0. The number of rotatable bonds is 4. The first-order valence-corrected chi connectivity index (χ1v) is 8.54. The topological polar surface area (TPSA) is 73.2 Å². The van der Waals surface area contributed by atoms with Crippen LogP contribution in [0.5, 0.6) is 0 Å². The quantitative estimate of drug-likeness (QED) is 0.857. The number of hydrazone groups is 1. The van der Waals surface area contributed by atoms with Gasteiger partial charge in [0.25, 0.3) is 11.8 Å². The number of aliphatic hydroxyl groups is 1. The highest BCUT2D eigenvalue weighted by molar-refractivity contribution is 5.93. The van der Waals surface area contributed by atoms with E-state index in [4.69, 9.17) is 0 Å². The Morgan fingerprint density at radius 2 is 2.09 bits per heavy atom. The van der Waals surface area contributed by atoms with Crippen molar-refractivity contribution in [2.75, 3.05) is 6.54 Å². The smallest absolute Gasteiger partial charge is 0.265 e. The third kappa shape index (κ3) is 3.42. The molecular weight excluding hydrogens is 294 g/mol. The van der Waals surface area contributed by atoms with Crippen LogP contribution in [0.25, 0.3) is 0 Å². The molecule has 6 heteroatoms. The van der Waals surface area contributed by atoms with Crippen LogP contribution >= 0.6 is 0 Å². The largest absolute Gasteiger partial charge is 0.383 e. The predicted octanol–water partition coefficient (Wildman–Crippen LogP) is 1.77. The van der Waals surface area contributed by atoms with Gasteiger partial charge in [-0.1, -0.05) is 20.8 Å². The molecule has 2 aliphatic rings. The van der Waals surface area contributed by atoms with E-state index in [1.807, 2.05) is 34.6 Å². The number of carbonyl (C=O) groups is 2. The van der Waals surface area contributed by atoms with Crippen LogP contribution in [0.2, 0.25) is 0 Å². The van der Waals surface area contributed by atoms with Gasteiger partial charge >= 0.3 is 0 Å². The van der Waals surface area contributed by atoms with Gasteiger partial charge in [0, 0.05) is 18.7 Å². The van der Waals surface area contributed by atoms with Gasteiger partial charge in [-0.25, -0.2) is 5.01 Å². The molecular formula is C17H29N3O3. The van der Waals surface area contributed by atoms with E-state index in [2.05, 4.69) is 5.10 Å². The maximum atomic E-state index is 12.8. The number of hydrogen-bond acceptors (Lipinski definition) is 4. The van der Waals surface area contributed by atoms with Crippen LogP contribution in [0.15, 0.2) is 5.10 Å². The molecule has 2 rings (SSSR count). The van der Waals surface area contributed by atoms with Gasteiger partial charge in [-0.2, -0.15) is 5.10 Å². The van der Waals surface area contributed by atoms with E-state index in [1.165, 1.54) is 5.01 Å². The fourth-order valence-electron chi connectivity index (χ4n) is 3.23. The molecule has 0 bridgehead atoms. The molecule has 1 saturated heterocycles. The molecule has 2 unspecified atom stereocenters. The Morgan fingerprint density at radius 1 is 1.43 bits per heavy atom. The van der Waals surface area contributed by atoms with Crippen LogP contribution in [0.3, 0.4) is 0 Å². The average molecular weight is 323 g/mol. The zero-order valence-electron chi connectivity index (χ0n) is 14.9. The fraction of sp³-hybridized carbons (Fsp3) is 0.824. The van der Waals surface area contributed by atoms with Crippen molar-refractivity contribution in [2.45, 2.75) is 78.5 Å². The molecule has 0 aromatic rings. The molecule has 0 aromatic heterocycles. The minimum absolute atomic E-state index is 0.0389. The Bertz CT molecular complexity index is 515. The van der Waals surface area contributed by atoms with Crippen molar-refractivity contribution < 1.29 is 14.7 Å². The van der Waals surface area contributed by atoms with Crippen molar-refractivity contribution in [3.63, 3.8) is 0 Å². The van der Waals surface area contributed by atoms with Crippen LogP contribution in [0.4, 0.5) is 0 Å². The highest BCUT2D eigenvalue weighted by atomic mass is 16.3. The number of aliphatic hydroxyl groups excluding tert-OH is 1. The molecule has 130 valence electrons. The predicted molar refractivity (Wildman–Crippen MR) is 88.8 cm³/mol. The zero-order valence-corrected chi connectivity index (χ0v) is 14.9. The first-order chi connectivity index (χ1) is 10.7. The molecule has 0 aromatic carbocycles. The molecule has 0 radical (unpaired) electrons. The monoisotopic (exact) mass is 323 g/mol. The summed E-state index contributed by atoms with van der Waals surface area (Å²) in [5.74, 6) is -0.457. The van der Waals surface area contributed by atoms with Crippen molar-refractivity contribution in [2.24, 2.45) is 10.5 Å². The fourth-order valence-corrected chi connectivity index (χ4v) is 3.23. The zero-order chi connectivity index (χ0) is 17.4. The van der Waals surface area contributed by atoms with Crippen LogP contribution in [-0.4, -0.2) is 57.3 Å². The first-order valence-electron chi connectivity index (χ1n) is 8.54. The van der Waals surface area contributed by atoms with Crippen LogP contribution in [0, 0.1) is 5.41 Å². The molecule has 0 saturated carbocycles. The second-order valence-electron chi connectivity index (χ2n) is 7.51. The summed E-state index contributed by atoms with van der Waals surface area (Å²) in [6, 6.07) is -0.459. The number of amides is 2. The van der Waals surface area contributed by atoms with Crippen molar-refractivity contribution in [3.05, 3.63) is 0 Å². The molecule has 6 nitrogen and oxygen atoms in total. The lowest BCUT2D eigenvalue weighted by Gasteiger charge is -2.34. The van der Waals surface area contributed by atoms with E-state index in [-0.39, 0.29) is 17.9 Å². The van der Waals surface area contributed by atoms with Crippen LogP contribution in [0.1, 0.15) is 60.3 Å². The standard InChI is InChI=1S/C17H29N3O3/c1-6-17(4,5)14(21)16(23)19-9-7-8-13(19)15(22)20-12(3)10-11(2)18-20/h12-14,21H,6-10H2,1-5H3/t12?,13-,14?/m0/s1. The maximum absolute atomic E-state index is 12.8. The van der Waals surface area contributed by atoms with Gasteiger partial charge in [-0.05, 0) is 38.5 Å². The number of nitrogens with zero attached hydrogens (tertiary/aromatic N) is 3. The molecule has 2 aliphatic heterocycles. The first kappa shape index (κ1) is 17.9. The van der Waals surface area contributed by atoms with Gasteiger partial charge in [-0.15, -0.1) is 0 Å². The Kier molecular flexibility index (Phi) is 5.14. The van der Waals surface area contributed by atoms with Crippen molar-refractivity contribution >= 4 is 17.5 Å². The van der Waals surface area contributed by atoms with E-state index in [1.54, 1.807) is 4.90 Å². The SMILES string of the molecule is CCC(C)(C)C(O)C(=O)N1CCC[C@H]1C(=O)N1N=C(C)CC1C. The maximum Gasteiger partial charge on any atom is 0.265 e. The third-order valence-corrected chi connectivity index (χ3v) is 5.22. The van der Waals surface area contributed by atoms with Crippen molar-refractivity contribution in [1.29, 1.82) is 0 Å². The Morgan fingerprint density at radius 3 is 2.61 bits per heavy atom. The summed E-state index contributed by atoms with van der Waals surface area (Å²) in [5, 5.41) is 16.3. The van der Waals surface area contributed by atoms with Crippen LogP contribution in [-0.2, 0) is 9.59 Å². The summed E-state index contributed by atoms with van der Waals surface area (Å²) >= 11 is 0. The number of hydrogen-bond donors (Lipinski definition) is 1. The molecule has 3 atom stereocenters. The minimum atomic E-state index is -1.08. The van der Waals surface area contributed by atoms with Gasteiger partial charge in [-0.3, -0.25) is 9.59 Å². The second kappa shape index (κ2) is 6.59. The normalized spacial score (nSPS) is 26.4. The molecule has 1 N–H and O–H groups in total. The van der Waals surface area contributed by atoms with Gasteiger partial charge in [0.15, 0.2) is 0 Å². The van der Waals surface area contributed by atoms with Crippen molar-refractivity contribution in [3.8, 4) is 0 Å². The van der Waals surface area contributed by atoms with Gasteiger partial charge in [0.05, 0.1) is 6.04 Å². The van der Waals surface area contributed by atoms with E-state index < -0.39 is 17.6 Å². The summed E-state index contributed by atoms with van der Waals surface area (Å²) in [5.41, 5.74) is 0.442. The number of carbonyl (C=O) groups excluding carboxylic acids is 2. The minimum Gasteiger partial charge on any atom is -0.383 e. The van der Waals surface area contributed by atoms with E-state index in [0.717, 1.165) is 18.6 Å². The van der Waals surface area contributed by atoms with Gasteiger partial charge < -0.3 is 10.0 Å². The lowest BCUT2D eigenvalue weighted by molar-refractivity contribution is -0.153. The van der Waals surface area contributed by atoms with E-state index >= 15 is 0 Å². The summed E-state index contributed by atoms with van der Waals surface area (Å²) in [6.45, 7) is 10.1. The molecule has 2 amide bonds. The summed E-state index contributed by atoms with van der Waals surface area (Å²) in [7, 11) is 0.